The summed E-state index contributed by atoms with van der Waals surface area (Å²) in [6.07, 6.45) is 43.6. The van der Waals surface area contributed by atoms with E-state index in [4.69, 9.17) is 37.0 Å². The van der Waals surface area contributed by atoms with Gasteiger partial charge in [0.1, 0.15) is 19.3 Å². The van der Waals surface area contributed by atoms with Crippen LogP contribution in [0, 0.1) is 11.8 Å². The molecule has 0 aliphatic carbocycles. The van der Waals surface area contributed by atoms with Crippen molar-refractivity contribution in [2.45, 2.75) is 355 Å². The SMILES string of the molecule is CCCCCCCCCCCCCCCCCCCCCC(=O)O[C@H](COC(=O)CCCCCCCCCCC(C)CC)COP(=O)(O)OC[C@@H](O)COP(=O)(O)OC[C@@H](COC(=O)CCCCCCC)OC(=O)CCCCCCCCCC(C)C. The molecule has 0 fully saturated rings. The second kappa shape index (κ2) is 59.4. The molecule has 17 nitrogen and oxygen atoms in total. The van der Waals surface area contributed by atoms with Gasteiger partial charge in [0.15, 0.2) is 12.2 Å². The van der Waals surface area contributed by atoms with Gasteiger partial charge in [-0.15, -0.1) is 0 Å². The molecule has 0 aromatic carbocycles. The van der Waals surface area contributed by atoms with E-state index in [2.05, 4.69) is 41.5 Å². The first kappa shape index (κ1) is 84.1. The summed E-state index contributed by atoms with van der Waals surface area (Å²) in [5.74, 6) is -0.669. The zero-order chi connectivity index (χ0) is 63.6. The van der Waals surface area contributed by atoms with Crippen molar-refractivity contribution in [2.24, 2.45) is 11.8 Å². The van der Waals surface area contributed by atoms with E-state index >= 15 is 0 Å². The minimum absolute atomic E-state index is 0.102. The molecule has 0 aromatic rings. The number of phosphoric ester groups is 2. The number of aliphatic hydroxyl groups is 1. The van der Waals surface area contributed by atoms with E-state index in [1.807, 2.05) is 0 Å². The van der Waals surface area contributed by atoms with Crippen molar-refractivity contribution in [3.8, 4) is 0 Å². The summed E-state index contributed by atoms with van der Waals surface area (Å²) in [5, 5.41) is 10.5. The molecular weight excluding hydrogens is 1140 g/mol. The largest absolute Gasteiger partial charge is 0.472 e. The molecule has 0 bridgehead atoms. The van der Waals surface area contributed by atoms with E-state index in [1.165, 1.54) is 148 Å². The summed E-state index contributed by atoms with van der Waals surface area (Å²) in [5.41, 5.74) is 0. The van der Waals surface area contributed by atoms with Crippen LogP contribution >= 0.6 is 15.6 Å². The molecule has 19 heteroatoms. The van der Waals surface area contributed by atoms with Crippen molar-refractivity contribution in [1.29, 1.82) is 0 Å². The van der Waals surface area contributed by atoms with Crippen LogP contribution in [0.2, 0.25) is 0 Å². The van der Waals surface area contributed by atoms with Gasteiger partial charge in [0.05, 0.1) is 26.4 Å². The fraction of sp³-hybridized carbons (Fsp3) is 0.940. The zero-order valence-electron chi connectivity index (χ0n) is 55.6. The predicted octanol–water partition coefficient (Wildman–Crippen LogP) is 18.8. The first-order chi connectivity index (χ1) is 41.4. The third-order valence-electron chi connectivity index (χ3n) is 15.8. The molecule has 0 aliphatic rings. The number of esters is 4. The van der Waals surface area contributed by atoms with Crippen molar-refractivity contribution in [3.63, 3.8) is 0 Å². The Labute approximate surface area is 524 Å². The Morgan fingerprint density at radius 2 is 0.593 bits per heavy atom. The standard InChI is InChI=1S/C67H130O17P2/c1-7-10-12-14-15-16-17-18-19-20-21-22-23-24-25-26-33-39-45-51-66(71)84-63(56-78-65(70)50-44-38-32-28-27-31-37-42-48-60(6)9-3)58-82-86(75,76)80-54-61(68)53-79-85(73,74)81-57-62(55-77-64(69)49-43-35-13-11-8-2)83-67(72)52-46-40-34-29-30-36-41-47-59(4)5/h59-63,68H,7-58H2,1-6H3,(H,73,74)(H,75,76)/t60?,61-,62+,63+/m0/s1. The van der Waals surface area contributed by atoms with Crippen LogP contribution in [0.4, 0.5) is 0 Å². The van der Waals surface area contributed by atoms with Gasteiger partial charge in [0.2, 0.25) is 0 Å². The number of hydrogen-bond donors (Lipinski definition) is 3. The van der Waals surface area contributed by atoms with Crippen molar-refractivity contribution < 1.29 is 80.2 Å². The lowest BCUT2D eigenvalue weighted by molar-refractivity contribution is -0.161. The lowest BCUT2D eigenvalue weighted by Crippen LogP contribution is -2.30. The van der Waals surface area contributed by atoms with Crippen LogP contribution in [-0.4, -0.2) is 96.7 Å². The van der Waals surface area contributed by atoms with Gasteiger partial charge < -0.3 is 33.8 Å². The maximum atomic E-state index is 13.0. The van der Waals surface area contributed by atoms with Crippen molar-refractivity contribution in [1.82, 2.24) is 0 Å². The first-order valence-corrected chi connectivity index (χ1v) is 38.0. The molecule has 3 N–H and O–H groups in total. The normalized spacial score (nSPS) is 14.5. The minimum atomic E-state index is -4.95. The predicted molar refractivity (Wildman–Crippen MR) is 345 cm³/mol. The van der Waals surface area contributed by atoms with Gasteiger partial charge in [0, 0.05) is 25.7 Å². The highest BCUT2D eigenvalue weighted by Gasteiger charge is 2.30. The van der Waals surface area contributed by atoms with Crippen molar-refractivity contribution >= 4 is 39.5 Å². The van der Waals surface area contributed by atoms with E-state index in [9.17, 15) is 43.2 Å². The van der Waals surface area contributed by atoms with Crippen LogP contribution in [0.1, 0.15) is 337 Å². The number of aliphatic hydroxyl groups excluding tert-OH is 1. The highest BCUT2D eigenvalue weighted by Crippen LogP contribution is 2.45. The maximum Gasteiger partial charge on any atom is 0.472 e. The van der Waals surface area contributed by atoms with Crippen molar-refractivity contribution in [2.75, 3.05) is 39.6 Å². The molecule has 0 saturated carbocycles. The molecule has 0 radical (unpaired) electrons. The van der Waals surface area contributed by atoms with E-state index in [-0.39, 0.29) is 25.7 Å². The molecule has 3 unspecified atom stereocenters. The van der Waals surface area contributed by atoms with Gasteiger partial charge in [-0.05, 0) is 37.5 Å². The molecule has 6 atom stereocenters. The molecule has 0 heterocycles. The Balaban J connectivity index is 5.14. The summed E-state index contributed by atoms with van der Waals surface area (Å²) in [6, 6.07) is 0. The van der Waals surface area contributed by atoms with E-state index < -0.39 is 97.5 Å². The van der Waals surface area contributed by atoms with Gasteiger partial charge in [-0.2, -0.15) is 0 Å². The molecule has 510 valence electrons. The van der Waals surface area contributed by atoms with Gasteiger partial charge >= 0.3 is 39.5 Å². The highest BCUT2D eigenvalue weighted by molar-refractivity contribution is 7.47. The van der Waals surface area contributed by atoms with Crippen LogP contribution in [0.5, 0.6) is 0 Å². The van der Waals surface area contributed by atoms with E-state index in [0.717, 1.165) is 102 Å². The Bertz CT molecular complexity index is 1690. The smallest absolute Gasteiger partial charge is 0.462 e. The van der Waals surface area contributed by atoms with Crippen LogP contribution in [0.15, 0.2) is 0 Å². The average molecular weight is 1270 g/mol. The molecule has 0 saturated heterocycles. The summed E-state index contributed by atoms with van der Waals surface area (Å²) in [6.45, 7) is 9.37. The molecule has 0 amide bonds. The number of phosphoric acid groups is 2. The highest BCUT2D eigenvalue weighted by atomic mass is 31.2. The van der Waals surface area contributed by atoms with Gasteiger partial charge in [0.25, 0.3) is 0 Å². The number of carbonyl (C=O) groups is 4. The summed E-state index contributed by atoms with van der Waals surface area (Å²) in [4.78, 5) is 72.1. The van der Waals surface area contributed by atoms with Crippen molar-refractivity contribution in [3.05, 3.63) is 0 Å². The fourth-order valence-electron chi connectivity index (χ4n) is 10.0. The summed E-state index contributed by atoms with van der Waals surface area (Å²) < 4.78 is 67.9. The second-order valence-corrected chi connectivity index (χ2v) is 27.8. The summed E-state index contributed by atoms with van der Waals surface area (Å²) >= 11 is 0. The van der Waals surface area contributed by atoms with Crippen LogP contribution in [0.3, 0.4) is 0 Å². The molecular formula is C67H130O17P2. The first-order valence-electron chi connectivity index (χ1n) is 35.0. The second-order valence-electron chi connectivity index (χ2n) is 24.9. The third-order valence-corrected chi connectivity index (χ3v) is 17.7. The van der Waals surface area contributed by atoms with Crippen LogP contribution in [0.25, 0.3) is 0 Å². The Kier molecular flexibility index (Phi) is 58.0. The number of ether oxygens (including phenoxy) is 4. The van der Waals surface area contributed by atoms with Gasteiger partial charge in [-0.25, -0.2) is 9.13 Å². The molecule has 0 spiro atoms. The Morgan fingerprint density at radius 1 is 0.337 bits per heavy atom. The zero-order valence-corrected chi connectivity index (χ0v) is 57.4. The lowest BCUT2D eigenvalue weighted by Gasteiger charge is -2.21. The molecule has 0 aromatic heterocycles. The third kappa shape index (κ3) is 59.7. The lowest BCUT2D eigenvalue weighted by atomic mass is 9.99. The van der Waals surface area contributed by atoms with E-state index in [0.29, 0.717) is 31.6 Å². The Hall–Kier alpha value is -1.94. The molecule has 86 heavy (non-hydrogen) atoms. The van der Waals surface area contributed by atoms with Crippen LogP contribution < -0.4 is 0 Å². The van der Waals surface area contributed by atoms with Gasteiger partial charge in [-0.3, -0.25) is 37.3 Å². The number of hydrogen-bond acceptors (Lipinski definition) is 15. The Morgan fingerprint density at radius 3 is 0.884 bits per heavy atom. The monoisotopic (exact) mass is 1270 g/mol. The number of rotatable bonds is 66. The topological polar surface area (TPSA) is 237 Å². The number of carbonyl (C=O) groups excluding carboxylic acids is 4. The summed E-state index contributed by atoms with van der Waals surface area (Å²) in [7, 11) is -9.88. The maximum absolute atomic E-state index is 13.0. The molecule has 0 aliphatic heterocycles. The quantitative estimate of drug-likeness (QED) is 0.0222. The van der Waals surface area contributed by atoms with E-state index in [1.54, 1.807) is 0 Å². The number of unbranched alkanes of at least 4 members (excludes halogenated alkanes) is 35. The minimum Gasteiger partial charge on any atom is -0.462 e. The average Bonchev–Trinajstić information content (AvgIpc) is 3.51. The molecule has 0 rings (SSSR count). The van der Waals surface area contributed by atoms with Crippen LogP contribution in [-0.2, 0) is 65.4 Å². The fourth-order valence-corrected chi connectivity index (χ4v) is 11.6. The van der Waals surface area contributed by atoms with Gasteiger partial charge in [-0.1, -0.05) is 286 Å².